The molecule has 11 nitrogen and oxygen atoms in total. The first-order valence-electron chi connectivity index (χ1n) is 38.2. The van der Waals surface area contributed by atoms with Gasteiger partial charge in [-0.25, -0.2) is 0 Å². The van der Waals surface area contributed by atoms with Crippen LogP contribution in [0.15, 0.2) is 24.3 Å². The van der Waals surface area contributed by atoms with Crippen molar-refractivity contribution in [3.05, 3.63) is 24.3 Å². The predicted octanol–water partition coefficient (Wildman–Crippen LogP) is 19.1. The Morgan fingerprint density at radius 1 is 0.391 bits per heavy atom. The molecule has 87 heavy (non-hydrogen) atoms. The Bertz CT molecular complexity index is 1460. The minimum atomic E-state index is -1.67. The van der Waals surface area contributed by atoms with E-state index in [1.54, 1.807) is 0 Å². The molecule has 0 aromatic heterocycles. The first kappa shape index (κ1) is 83.6. The van der Waals surface area contributed by atoms with Gasteiger partial charge in [0.1, 0.15) is 36.6 Å². The van der Waals surface area contributed by atoms with Gasteiger partial charge < -0.3 is 50.5 Å². The van der Waals surface area contributed by atoms with Crippen molar-refractivity contribution in [1.82, 2.24) is 5.32 Å². The lowest BCUT2D eigenvalue weighted by Gasteiger charge is -2.40. The molecule has 1 aliphatic heterocycles. The first-order valence-corrected chi connectivity index (χ1v) is 38.2. The van der Waals surface area contributed by atoms with Crippen LogP contribution in [0.5, 0.6) is 0 Å². The van der Waals surface area contributed by atoms with E-state index in [0.717, 1.165) is 38.5 Å². The predicted molar refractivity (Wildman–Crippen MR) is 367 cm³/mol. The third kappa shape index (κ3) is 51.8. The zero-order chi connectivity index (χ0) is 63.1. The molecule has 0 spiro atoms. The fourth-order valence-corrected chi connectivity index (χ4v) is 12.6. The summed E-state index contributed by atoms with van der Waals surface area (Å²) in [6.45, 7) is 3.51. The third-order valence-corrected chi connectivity index (χ3v) is 18.7. The smallest absolute Gasteiger partial charge is 0.249 e. The van der Waals surface area contributed by atoms with E-state index in [1.807, 2.05) is 0 Å². The van der Waals surface area contributed by atoms with Crippen LogP contribution in [0.25, 0.3) is 0 Å². The highest BCUT2D eigenvalue weighted by atomic mass is 16.7. The second-order valence-corrected chi connectivity index (χ2v) is 27.1. The monoisotopic (exact) mass is 1230 g/mol. The fraction of sp³-hybridized carbons (Fsp3) is 0.934. The van der Waals surface area contributed by atoms with Crippen LogP contribution in [0.2, 0.25) is 0 Å². The van der Waals surface area contributed by atoms with Crippen molar-refractivity contribution in [3.63, 3.8) is 0 Å². The summed E-state index contributed by atoms with van der Waals surface area (Å²) in [5.41, 5.74) is 0. The molecule has 1 fully saturated rings. The van der Waals surface area contributed by atoms with Crippen molar-refractivity contribution in [2.75, 3.05) is 13.2 Å². The molecule has 0 aromatic carbocycles. The maximum Gasteiger partial charge on any atom is 0.249 e. The highest BCUT2D eigenvalue weighted by Crippen LogP contribution is 2.24. The molecule has 0 radical (unpaired) electrons. The number of aliphatic hydroxyl groups is 7. The fourth-order valence-electron chi connectivity index (χ4n) is 12.6. The van der Waals surface area contributed by atoms with E-state index in [4.69, 9.17) is 9.47 Å². The Labute approximate surface area is 537 Å². The van der Waals surface area contributed by atoms with Gasteiger partial charge in [-0.15, -0.1) is 0 Å². The van der Waals surface area contributed by atoms with E-state index in [-0.39, 0.29) is 12.8 Å². The number of carbonyl (C=O) groups is 1. The van der Waals surface area contributed by atoms with E-state index in [1.165, 1.54) is 302 Å². The highest BCUT2D eigenvalue weighted by molar-refractivity contribution is 5.80. The molecule has 9 atom stereocenters. The standard InChI is InChI=1S/C76H147NO10/c1-3-5-7-9-11-13-15-17-19-21-23-25-27-29-31-32-33-34-35-36-37-38-40-42-44-46-48-50-52-54-56-58-60-62-64-69(80)75(85)77-67(66-86-76-74(84)73(83)72(82)70(65-78)87-76)71(81)68(79)63-61-59-57-55-53-51-49-47-45-43-41-39-30-28-26-24-22-20-18-16-14-12-10-8-6-4-2/h47,49,55,57,67-74,76,78-84H,3-46,48,50-54,56,58-66H2,1-2H3,(H,77,85)/b49-47+,57-55+. The van der Waals surface area contributed by atoms with Gasteiger partial charge in [-0.2, -0.15) is 0 Å². The van der Waals surface area contributed by atoms with Crippen molar-refractivity contribution in [3.8, 4) is 0 Å². The average molecular weight is 1240 g/mol. The Hall–Kier alpha value is -1.41. The van der Waals surface area contributed by atoms with Crippen molar-refractivity contribution >= 4 is 5.91 Å². The minimum Gasteiger partial charge on any atom is -0.394 e. The van der Waals surface area contributed by atoms with Crippen LogP contribution in [0.1, 0.15) is 386 Å². The number of aliphatic hydroxyl groups excluding tert-OH is 7. The Kier molecular flexibility index (Phi) is 62.2. The Morgan fingerprint density at radius 2 is 0.690 bits per heavy atom. The Morgan fingerprint density at radius 3 is 1.02 bits per heavy atom. The zero-order valence-electron chi connectivity index (χ0n) is 57.3. The quantitative estimate of drug-likeness (QED) is 0.0215. The number of ether oxygens (including phenoxy) is 2. The summed E-state index contributed by atoms with van der Waals surface area (Å²) in [6, 6.07) is -1.19. The van der Waals surface area contributed by atoms with Gasteiger partial charge in [-0.3, -0.25) is 4.79 Å². The van der Waals surface area contributed by atoms with Crippen molar-refractivity contribution in [2.24, 2.45) is 0 Å². The molecule has 11 heteroatoms. The molecule has 1 saturated heterocycles. The summed E-state index contributed by atoms with van der Waals surface area (Å²) in [5, 5.41) is 76.6. The van der Waals surface area contributed by atoms with Gasteiger partial charge in [0, 0.05) is 0 Å². The molecule has 1 amide bonds. The van der Waals surface area contributed by atoms with Crippen LogP contribution in [0, 0.1) is 0 Å². The van der Waals surface area contributed by atoms with E-state index in [2.05, 4.69) is 43.5 Å². The molecule has 0 bridgehead atoms. The highest BCUT2D eigenvalue weighted by Gasteiger charge is 2.44. The molecular weight excluding hydrogens is 1090 g/mol. The van der Waals surface area contributed by atoms with Crippen molar-refractivity contribution in [2.45, 2.75) is 441 Å². The maximum absolute atomic E-state index is 13.3. The SMILES string of the molecule is CCCCCCCCCCCCCCCCCCC/C=C/CC/C=C/CCCC(O)C(O)C(COC1OC(CO)C(O)C(O)C1O)NC(=O)C(O)CCCCCCCCCCCCCCCCCCCCCCCCCCCCCCCCCCCC. The molecule has 516 valence electrons. The maximum atomic E-state index is 13.3. The van der Waals surface area contributed by atoms with Gasteiger partial charge in [-0.05, 0) is 51.4 Å². The van der Waals surface area contributed by atoms with Crippen molar-refractivity contribution in [1.29, 1.82) is 0 Å². The molecule has 9 unspecified atom stereocenters. The van der Waals surface area contributed by atoms with E-state index >= 15 is 0 Å². The number of hydrogen-bond acceptors (Lipinski definition) is 10. The van der Waals surface area contributed by atoms with Crippen LogP contribution in [0.4, 0.5) is 0 Å². The van der Waals surface area contributed by atoms with Gasteiger partial charge in [0.25, 0.3) is 0 Å². The van der Waals surface area contributed by atoms with Crippen LogP contribution in [-0.2, 0) is 14.3 Å². The number of unbranched alkanes of at least 4 members (excludes halogenated alkanes) is 52. The largest absolute Gasteiger partial charge is 0.394 e. The summed E-state index contributed by atoms with van der Waals surface area (Å²) in [5.74, 6) is -0.702. The normalized spacial score (nSPS) is 18.7. The number of amides is 1. The molecular formula is C76H147NO10. The summed E-state index contributed by atoms with van der Waals surface area (Å²) in [6.07, 6.45) is 71.5. The number of hydrogen-bond donors (Lipinski definition) is 8. The second-order valence-electron chi connectivity index (χ2n) is 27.1. The lowest BCUT2D eigenvalue weighted by molar-refractivity contribution is -0.303. The van der Waals surface area contributed by atoms with Gasteiger partial charge in [0.05, 0.1) is 25.4 Å². The number of nitrogens with one attached hydrogen (secondary N) is 1. The van der Waals surface area contributed by atoms with E-state index in [0.29, 0.717) is 19.3 Å². The van der Waals surface area contributed by atoms with Gasteiger partial charge in [0.2, 0.25) is 5.91 Å². The summed E-state index contributed by atoms with van der Waals surface area (Å²) in [7, 11) is 0. The van der Waals surface area contributed by atoms with Gasteiger partial charge in [-0.1, -0.05) is 359 Å². The summed E-state index contributed by atoms with van der Waals surface area (Å²) in [4.78, 5) is 13.3. The van der Waals surface area contributed by atoms with E-state index in [9.17, 15) is 40.5 Å². The van der Waals surface area contributed by atoms with Crippen LogP contribution in [-0.4, -0.2) is 110 Å². The van der Waals surface area contributed by atoms with Crippen LogP contribution in [0.3, 0.4) is 0 Å². The molecule has 1 heterocycles. The molecule has 0 aliphatic carbocycles. The number of allylic oxidation sites excluding steroid dienone is 4. The molecule has 0 saturated carbocycles. The Balaban J connectivity index is 2.16. The zero-order valence-corrected chi connectivity index (χ0v) is 57.3. The first-order chi connectivity index (χ1) is 42.7. The molecule has 1 rings (SSSR count). The van der Waals surface area contributed by atoms with Crippen LogP contribution >= 0.6 is 0 Å². The minimum absolute atomic E-state index is 0.249. The van der Waals surface area contributed by atoms with Gasteiger partial charge in [0.15, 0.2) is 6.29 Å². The topological polar surface area (TPSA) is 189 Å². The van der Waals surface area contributed by atoms with Crippen molar-refractivity contribution < 1.29 is 50.0 Å². The molecule has 0 aromatic rings. The van der Waals surface area contributed by atoms with E-state index < -0.39 is 74.2 Å². The second kappa shape index (κ2) is 64.7. The summed E-state index contributed by atoms with van der Waals surface area (Å²) >= 11 is 0. The van der Waals surface area contributed by atoms with Crippen LogP contribution < -0.4 is 5.32 Å². The number of rotatable bonds is 68. The average Bonchev–Trinajstić information content (AvgIpc) is 1.81. The van der Waals surface area contributed by atoms with Gasteiger partial charge >= 0.3 is 0 Å². The summed E-state index contributed by atoms with van der Waals surface area (Å²) < 4.78 is 11.2. The lowest BCUT2D eigenvalue weighted by Crippen LogP contribution is -2.60. The number of carbonyl (C=O) groups excluding carboxylic acids is 1. The lowest BCUT2D eigenvalue weighted by atomic mass is 9.98. The molecule has 1 aliphatic rings. The third-order valence-electron chi connectivity index (χ3n) is 18.7. The molecule has 8 N–H and O–H groups in total.